The van der Waals surface area contributed by atoms with Crippen LogP contribution in [0.5, 0.6) is 5.75 Å². The van der Waals surface area contributed by atoms with Crippen molar-refractivity contribution in [2.24, 2.45) is 0 Å². The molecule has 3 aromatic heterocycles. The summed E-state index contributed by atoms with van der Waals surface area (Å²) < 4.78 is 10.5. The molecule has 154 valence electrons. The maximum absolute atomic E-state index is 9.85. The molecule has 3 heterocycles. The van der Waals surface area contributed by atoms with Crippen LogP contribution < -0.4 is 4.74 Å². The fraction of sp³-hybridized carbons (Fsp3) is 0.136. The van der Waals surface area contributed by atoms with Crippen molar-refractivity contribution >= 4 is 23.4 Å². The lowest BCUT2D eigenvalue weighted by Crippen LogP contribution is -2.00. The molecule has 31 heavy (non-hydrogen) atoms. The third kappa shape index (κ3) is 5.32. The van der Waals surface area contributed by atoms with Gasteiger partial charge in [-0.2, -0.15) is 10.5 Å². The van der Waals surface area contributed by atoms with Crippen molar-refractivity contribution in [3.63, 3.8) is 0 Å². The first kappa shape index (κ1) is 22.1. The van der Waals surface area contributed by atoms with Crippen LogP contribution in [-0.2, 0) is 10.5 Å². The maximum atomic E-state index is 9.85. The van der Waals surface area contributed by atoms with E-state index in [0.717, 1.165) is 5.69 Å². The van der Waals surface area contributed by atoms with Gasteiger partial charge < -0.3 is 9.47 Å². The van der Waals surface area contributed by atoms with Gasteiger partial charge in [0.15, 0.2) is 0 Å². The molecule has 0 aliphatic carbocycles. The summed E-state index contributed by atoms with van der Waals surface area (Å²) >= 11 is 7.60. The molecule has 0 N–H and O–H groups in total. The Bertz CT molecular complexity index is 1190. The molecule has 0 saturated carbocycles. The van der Waals surface area contributed by atoms with Crippen LogP contribution in [0.1, 0.15) is 23.7 Å². The van der Waals surface area contributed by atoms with Gasteiger partial charge in [-0.15, -0.1) is 0 Å². The van der Waals surface area contributed by atoms with E-state index in [1.54, 1.807) is 32.4 Å². The maximum Gasteiger partial charge on any atom is 0.148 e. The van der Waals surface area contributed by atoms with Crippen molar-refractivity contribution < 1.29 is 9.47 Å². The van der Waals surface area contributed by atoms with Gasteiger partial charge in [0.2, 0.25) is 0 Å². The molecule has 0 aromatic carbocycles. The molecular formula is C22H16ClN5O2S. The van der Waals surface area contributed by atoms with E-state index in [9.17, 15) is 10.5 Å². The van der Waals surface area contributed by atoms with Gasteiger partial charge in [-0.25, -0.2) is 4.98 Å². The zero-order valence-electron chi connectivity index (χ0n) is 16.7. The molecule has 9 heteroatoms. The van der Waals surface area contributed by atoms with Crippen LogP contribution in [0.15, 0.2) is 59.8 Å². The first-order valence-corrected chi connectivity index (χ1v) is 10.3. The van der Waals surface area contributed by atoms with Crippen molar-refractivity contribution in [1.82, 2.24) is 15.0 Å². The van der Waals surface area contributed by atoms with Crippen molar-refractivity contribution in [2.75, 3.05) is 7.11 Å². The van der Waals surface area contributed by atoms with Gasteiger partial charge in [-0.1, -0.05) is 29.4 Å². The van der Waals surface area contributed by atoms with Gasteiger partial charge in [0.25, 0.3) is 0 Å². The highest BCUT2D eigenvalue weighted by Crippen LogP contribution is 2.36. The standard InChI is InChI=1S/C22H16ClN5O2S/c1-14(29-2)12-30-16-6-7-19(27-11-16)20-17(9-24)21(23)28-22(18(20)10-25)31-13-15-5-3-4-8-26-15/h3-8,11-12H,13H2,1-2H3/b14-12-. The molecule has 0 aliphatic rings. The molecule has 0 bridgehead atoms. The number of halogens is 1. The summed E-state index contributed by atoms with van der Waals surface area (Å²) in [6, 6.07) is 13.1. The van der Waals surface area contributed by atoms with Crippen LogP contribution in [-0.4, -0.2) is 22.1 Å². The molecule has 0 unspecified atom stereocenters. The Hall–Kier alpha value is -3.59. The van der Waals surface area contributed by atoms with Crippen molar-refractivity contribution in [2.45, 2.75) is 17.7 Å². The van der Waals surface area contributed by atoms with Crippen LogP contribution in [0.2, 0.25) is 5.15 Å². The van der Waals surface area contributed by atoms with Crippen molar-refractivity contribution in [3.05, 3.63) is 76.7 Å². The molecule has 3 aromatic rings. The molecule has 0 spiro atoms. The third-order valence-corrected chi connectivity index (χ3v) is 5.38. The quantitative estimate of drug-likeness (QED) is 0.278. The Morgan fingerprint density at radius 3 is 2.58 bits per heavy atom. The van der Waals surface area contributed by atoms with Gasteiger partial charge in [0.05, 0.1) is 30.3 Å². The molecule has 0 saturated heterocycles. The van der Waals surface area contributed by atoms with Gasteiger partial charge in [0, 0.05) is 17.5 Å². The van der Waals surface area contributed by atoms with E-state index < -0.39 is 0 Å². The minimum atomic E-state index is 0.0146. The second-order valence-corrected chi connectivity index (χ2v) is 7.42. The highest BCUT2D eigenvalue weighted by Gasteiger charge is 2.22. The molecule has 0 atom stereocenters. The Morgan fingerprint density at radius 1 is 1.16 bits per heavy atom. The van der Waals surface area contributed by atoms with Crippen LogP contribution in [0.25, 0.3) is 11.3 Å². The fourth-order valence-corrected chi connectivity index (χ4v) is 3.70. The van der Waals surface area contributed by atoms with E-state index in [2.05, 4.69) is 21.0 Å². The van der Waals surface area contributed by atoms with Gasteiger partial charge in [0.1, 0.15) is 45.7 Å². The third-order valence-electron chi connectivity index (χ3n) is 4.10. The predicted molar refractivity (Wildman–Crippen MR) is 117 cm³/mol. The van der Waals surface area contributed by atoms with Crippen molar-refractivity contribution in [1.29, 1.82) is 10.5 Å². The molecule has 0 radical (unpaired) electrons. The number of ether oxygens (including phenoxy) is 2. The van der Waals surface area contributed by atoms with Gasteiger partial charge >= 0.3 is 0 Å². The Labute approximate surface area is 189 Å². The second-order valence-electron chi connectivity index (χ2n) is 6.10. The van der Waals surface area contributed by atoms with Crippen molar-refractivity contribution in [3.8, 4) is 29.1 Å². The number of thioether (sulfide) groups is 1. The zero-order chi connectivity index (χ0) is 22.2. The average molecular weight is 450 g/mol. The predicted octanol–water partition coefficient (Wildman–Crippen LogP) is 5.11. The number of rotatable bonds is 7. The smallest absolute Gasteiger partial charge is 0.148 e. The van der Waals surface area contributed by atoms with E-state index >= 15 is 0 Å². The number of allylic oxidation sites excluding steroid dienone is 1. The number of methoxy groups -OCH3 is 1. The van der Waals surface area contributed by atoms with Gasteiger partial charge in [-0.3, -0.25) is 9.97 Å². The largest absolute Gasteiger partial charge is 0.498 e. The normalized spacial score (nSPS) is 10.8. The van der Waals surface area contributed by atoms with Gasteiger partial charge in [-0.05, 0) is 31.2 Å². The summed E-state index contributed by atoms with van der Waals surface area (Å²) in [7, 11) is 1.54. The van der Waals surface area contributed by atoms with E-state index in [0.29, 0.717) is 33.5 Å². The molecule has 0 aliphatic heterocycles. The SMILES string of the molecule is CO/C(C)=C\Oc1ccc(-c2c(C#N)c(Cl)nc(SCc3ccccn3)c2C#N)nc1. The fourth-order valence-electron chi connectivity index (χ4n) is 2.53. The van der Waals surface area contributed by atoms with Crippen LogP contribution in [0.4, 0.5) is 0 Å². The number of pyridine rings is 3. The lowest BCUT2D eigenvalue weighted by atomic mass is 10.0. The van der Waals surface area contributed by atoms with Crippen LogP contribution in [0.3, 0.4) is 0 Å². The lowest BCUT2D eigenvalue weighted by Gasteiger charge is -2.12. The molecule has 0 fully saturated rings. The van der Waals surface area contributed by atoms with Crippen LogP contribution in [0, 0.1) is 22.7 Å². The molecule has 7 nitrogen and oxygen atoms in total. The summed E-state index contributed by atoms with van der Waals surface area (Å²) in [4.78, 5) is 12.9. The summed E-state index contributed by atoms with van der Waals surface area (Å²) in [6.45, 7) is 1.75. The molecule has 0 amide bonds. The average Bonchev–Trinajstić information content (AvgIpc) is 2.81. The molecular weight excluding hydrogens is 434 g/mol. The Morgan fingerprint density at radius 2 is 1.97 bits per heavy atom. The van der Waals surface area contributed by atoms with Crippen LogP contribution >= 0.6 is 23.4 Å². The number of hydrogen-bond acceptors (Lipinski definition) is 8. The minimum absolute atomic E-state index is 0.0146. The van der Waals surface area contributed by atoms with E-state index in [1.165, 1.54) is 24.2 Å². The van der Waals surface area contributed by atoms with E-state index in [-0.39, 0.29) is 16.3 Å². The number of aromatic nitrogens is 3. The monoisotopic (exact) mass is 449 g/mol. The summed E-state index contributed by atoms with van der Waals surface area (Å²) in [6.07, 6.45) is 4.64. The summed E-state index contributed by atoms with van der Waals surface area (Å²) in [5.41, 5.74) is 1.91. The topological polar surface area (TPSA) is 105 Å². The highest BCUT2D eigenvalue weighted by molar-refractivity contribution is 7.98. The number of nitrogens with zero attached hydrogens (tertiary/aromatic N) is 5. The first-order valence-electron chi connectivity index (χ1n) is 8.97. The lowest BCUT2D eigenvalue weighted by molar-refractivity contribution is 0.276. The number of hydrogen-bond donors (Lipinski definition) is 0. The molecule has 3 rings (SSSR count). The highest BCUT2D eigenvalue weighted by atomic mass is 35.5. The Kier molecular flexibility index (Phi) is 7.45. The number of nitriles is 2. The second kappa shape index (κ2) is 10.4. The first-order chi connectivity index (χ1) is 15.1. The Balaban J connectivity index is 1.99. The zero-order valence-corrected chi connectivity index (χ0v) is 18.2. The summed E-state index contributed by atoms with van der Waals surface area (Å²) in [5, 5.41) is 19.9. The summed E-state index contributed by atoms with van der Waals surface area (Å²) in [5.74, 6) is 1.57. The minimum Gasteiger partial charge on any atom is -0.498 e. The van der Waals surface area contributed by atoms with E-state index in [4.69, 9.17) is 21.1 Å². The van der Waals surface area contributed by atoms with E-state index in [1.807, 2.05) is 24.3 Å².